The van der Waals surface area contributed by atoms with Gasteiger partial charge in [0.05, 0.1) is 26.2 Å². The number of carbonyl (C=O) groups is 1. The lowest BCUT2D eigenvalue weighted by molar-refractivity contribution is -0.133. The molecular weight excluding hydrogens is 412 g/mol. The lowest BCUT2D eigenvalue weighted by atomic mass is 10.1. The van der Waals surface area contributed by atoms with Crippen molar-refractivity contribution in [3.63, 3.8) is 0 Å². The molecule has 1 saturated heterocycles. The highest BCUT2D eigenvalue weighted by Crippen LogP contribution is 2.31. The third kappa shape index (κ3) is 4.79. The molecule has 1 aromatic heterocycles. The first-order valence-corrected chi connectivity index (χ1v) is 11.1. The maximum absolute atomic E-state index is 12.7. The van der Waals surface area contributed by atoms with Crippen molar-refractivity contribution >= 4 is 15.9 Å². The molecule has 1 aliphatic rings. The zero-order chi connectivity index (χ0) is 21.9. The van der Waals surface area contributed by atoms with Gasteiger partial charge in [0.15, 0.2) is 0 Å². The van der Waals surface area contributed by atoms with Gasteiger partial charge in [-0.25, -0.2) is 13.1 Å². The average molecular weight is 436 g/mol. The number of sulfonamides is 1. The predicted octanol–water partition coefficient (Wildman–Crippen LogP) is 0.0313. The van der Waals surface area contributed by atoms with Crippen LogP contribution in [0.2, 0.25) is 0 Å². The Morgan fingerprint density at radius 3 is 2.37 bits per heavy atom. The maximum Gasteiger partial charge on any atom is 0.267 e. The van der Waals surface area contributed by atoms with E-state index in [1.165, 1.54) is 22.4 Å². The highest BCUT2D eigenvalue weighted by Gasteiger charge is 2.26. The number of ether oxygens (including phenoxy) is 2. The second-order valence-corrected chi connectivity index (χ2v) is 8.81. The van der Waals surface area contributed by atoms with Crippen molar-refractivity contribution in [2.75, 3.05) is 46.7 Å². The van der Waals surface area contributed by atoms with Crippen LogP contribution in [-0.2, 0) is 21.4 Å². The maximum atomic E-state index is 12.7. The van der Waals surface area contributed by atoms with E-state index in [0.717, 1.165) is 10.9 Å². The van der Waals surface area contributed by atoms with Gasteiger partial charge in [-0.2, -0.15) is 9.40 Å². The molecule has 30 heavy (non-hydrogen) atoms. The minimum atomic E-state index is -3.28. The molecule has 10 nitrogen and oxygen atoms in total. The quantitative estimate of drug-likeness (QED) is 0.628. The Hall–Kier alpha value is -2.92. The van der Waals surface area contributed by atoms with Crippen molar-refractivity contribution in [2.24, 2.45) is 0 Å². The first-order valence-electron chi connectivity index (χ1n) is 9.26. The van der Waals surface area contributed by atoms with E-state index in [0.29, 0.717) is 22.8 Å². The second-order valence-electron chi connectivity index (χ2n) is 6.82. The van der Waals surface area contributed by atoms with E-state index >= 15 is 0 Å². The van der Waals surface area contributed by atoms with E-state index in [1.54, 1.807) is 31.4 Å². The van der Waals surface area contributed by atoms with Gasteiger partial charge in [0.1, 0.15) is 18.0 Å². The summed E-state index contributed by atoms with van der Waals surface area (Å²) in [5.74, 6) is 0.856. The summed E-state index contributed by atoms with van der Waals surface area (Å²) in [6.45, 7) is 0.758. The fourth-order valence-corrected chi connectivity index (χ4v) is 4.04. The molecule has 2 heterocycles. The number of carbonyl (C=O) groups excluding carboxylic acids is 1. The molecule has 3 rings (SSSR count). The number of methoxy groups -OCH3 is 2. The van der Waals surface area contributed by atoms with E-state index in [1.807, 2.05) is 0 Å². The van der Waals surface area contributed by atoms with Gasteiger partial charge in [-0.05, 0) is 24.3 Å². The number of hydrogen-bond acceptors (Lipinski definition) is 7. The van der Waals surface area contributed by atoms with Crippen molar-refractivity contribution in [1.82, 2.24) is 19.0 Å². The van der Waals surface area contributed by atoms with Crippen LogP contribution in [0.4, 0.5) is 0 Å². The second kappa shape index (κ2) is 8.84. The highest BCUT2D eigenvalue weighted by atomic mass is 32.2. The molecular formula is C19H24N4O6S. The summed E-state index contributed by atoms with van der Waals surface area (Å²) in [7, 11) is -0.211. The van der Waals surface area contributed by atoms with Gasteiger partial charge in [0.25, 0.3) is 5.56 Å². The van der Waals surface area contributed by atoms with Crippen LogP contribution in [0, 0.1) is 0 Å². The molecule has 0 aliphatic carbocycles. The van der Waals surface area contributed by atoms with Crippen molar-refractivity contribution in [2.45, 2.75) is 6.54 Å². The molecule has 11 heteroatoms. The van der Waals surface area contributed by atoms with Gasteiger partial charge >= 0.3 is 0 Å². The number of amides is 1. The van der Waals surface area contributed by atoms with Gasteiger partial charge in [0, 0.05) is 37.8 Å². The summed E-state index contributed by atoms with van der Waals surface area (Å²) in [6.07, 6.45) is 1.15. The molecule has 0 spiro atoms. The Kier molecular flexibility index (Phi) is 6.42. The van der Waals surface area contributed by atoms with E-state index in [4.69, 9.17) is 9.47 Å². The minimum Gasteiger partial charge on any atom is -0.497 e. The Bertz CT molecular complexity index is 1090. The van der Waals surface area contributed by atoms with E-state index in [9.17, 15) is 18.0 Å². The summed E-state index contributed by atoms with van der Waals surface area (Å²) in [6, 6.07) is 8.12. The van der Waals surface area contributed by atoms with E-state index in [2.05, 4.69) is 5.10 Å². The molecule has 1 aliphatic heterocycles. The predicted molar refractivity (Wildman–Crippen MR) is 110 cm³/mol. The normalized spacial score (nSPS) is 15.1. The average Bonchev–Trinajstić information content (AvgIpc) is 2.74. The van der Waals surface area contributed by atoms with Gasteiger partial charge < -0.3 is 14.4 Å². The Morgan fingerprint density at radius 2 is 1.77 bits per heavy atom. The van der Waals surface area contributed by atoms with Crippen LogP contribution < -0.4 is 15.0 Å². The molecule has 162 valence electrons. The molecule has 2 aromatic rings. The van der Waals surface area contributed by atoms with Gasteiger partial charge in [-0.3, -0.25) is 9.59 Å². The summed E-state index contributed by atoms with van der Waals surface area (Å²) in [5, 5.41) is 4.33. The fourth-order valence-electron chi connectivity index (χ4n) is 3.22. The summed E-state index contributed by atoms with van der Waals surface area (Å²) in [5.41, 5.74) is 0.670. The number of benzene rings is 1. The Balaban J connectivity index is 1.80. The third-order valence-electron chi connectivity index (χ3n) is 4.89. The van der Waals surface area contributed by atoms with Crippen molar-refractivity contribution in [3.05, 3.63) is 40.7 Å². The summed E-state index contributed by atoms with van der Waals surface area (Å²) < 4.78 is 36.3. The standard InChI is InChI=1S/C19H24N4O6S/c1-28-14-4-6-17(29-2)15(12-14)16-5-7-18(24)23(20-16)13-19(25)21-8-10-22(11-9-21)30(3,26)27/h4-7,12H,8-11,13H2,1-3H3. The van der Waals surface area contributed by atoms with Crippen LogP contribution in [-0.4, -0.2) is 80.0 Å². The SMILES string of the molecule is COc1ccc(OC)c(-c2ccc(=O)n(CC(=O)N3CCN(S(C)(=O)=O)CC3)n2)c1. The number of hydrogen-bond donors (Lipinski definition) is 0. The monoisotopic (exact) mass is 436 g/mol. The van der Waals surface area contributed by atoms with Crippen LogP contribution >= 0.6 is 0 Å². The highest BCUT2D eigenvalue weighted by molar-refractivity contribution is 7.88. The van der Waals surface area contributed by atoms with Crippen molar-refractivity contribution < 1.29 is 22.7 Å². The number of piperazine rings is 1. The zero-order valence-electron chi connectivity index (χ0n) is 17.1. The van der Waals surface area contributed by atoms with Crippen LogP contribution in [0.15, 0.2) is 35.1 Å². The number of aromatic nitrogens is 2. The van der Waals surface area contributed by atoms with Crippen molar-refractivity contribution in [3.8, 4) is 22.8 Å². The molecule has 0 saturated carbocycles. The number of rotatable bonds is 6. The fraction of sp³-hybridized carbons (Fsp3) is 0.421. The van der Waals surface area contributed by atoms with Crippen LogP contribution in [0.25, 0.3) is 11.3 Å². The molecule has 1 fully saturated rings. The lowest BCUT2D eigenvalue weighted by Crippen LogP contribution is -2.51. The van der Waals surface area contributed by atoms with Gasteiger partial charge in [-0.15, -0.1) is 0 Å². The number of nitrogens with zero attached hydrogens (tertiary/aromatic N) is 4. The molecule has 0 bridgehead atoms. The molecule has 0 N–H and O–H groups in total. The van der Waals surface area contributed by atoms with E-state index < -0.39 is 15.6 Å². The Labute approximate surface area is 174 Å². The lowest BCUT2D eigenvalue weighted by Gasteiger charge is -2.33. The summed E-state index contributed by atoms with van der Waals surface area (Å²) >= 11 is 0. The first kappa shape index (κ1) is 21.8. The topological polar surface area (TPSA) is 111 Å². The van der Waals surface area contributed by atoms with Crippen LogP contribution in [0.3, 0.4) is 0 Å². The largest absolute Gasteiger partial charge is 0.497 e. The van der Waals surface area contributed by atoms with Gasteiger partial charge in [0.2, 0.25) is 15.9 Å². The molecule has 0 unspecified atom stereocenters. The first-order chi connectivity index (χ1) is 14.2. The van der Waals surface area contributed by atoms with Crippen LogP contribution in [0.1, 0.15) is 0 Å². The van der Waals surface area contributed by atoms with Gasteiger partial charge in [-0.1, -0.05) is 0 Å². The zero-order valence-corrected chi connectivity index (χ0v) is 17.9. The van der Waals surface area contributed by atoms with E-state index in [-0.39, 0.29) is 38.6 Å². The molecule has 0 radical (unpaired) electrons. The third-order valence-corrected chi connectivity index (χ3v) is 6.20. The summed E-state index contributed by atoms with van der Waals surface area (Å²) in [4.78, 5) is 26.5. The van der Waals surface area contributed by atoms with Crippen molar-refractivity contribution in [1.29, 1.82) is 0 Å². The molecule has 1 amide bonds. The molecule has 1 aromatic carbocycles. The Morgan fingerprint density at radius 1 is 1.07 bits per heavy atom. The van der Waals surface area contributed by atoms with Crippen LogP contribution in [0.5, 0.6) is 11.5 Å². The smallest absolute Gasteiger partial charge is 0.267 e. The molecule has 0 atom stereocenters. The minimum absolute atomic E-state index is 0.230.